The van der Waals surface area contributed by atoms with Gasteiger partial charge in [0.15, 0.2) is 11.4 Å². The number of likely N-dealkylation sites (N-methyl/N-ethyl adjacent to an activating group) is 1. The molecule has 0 saturated carbocycles. The fourth-order valence-electron chi connectivity index (χ4n) is 2.46. The minimum atomic E-state index is -0.337. The number of nitrogens with one attached hydrogen (secondary N) is 1. The van der Waals surface area contributed by atoms with Crippen molar-refractivity contribution in [2.75, 3.05) is 7.05 Å². The van der Waals surface area contributed by atoms with Crippen molar-refractivity contribution >= 4 is 22.6 Å². The lowest BCUT2D eigenvalue weighted by molar-refractivity contribution is 0.442. The van der Waals surface area contributed by atoms with Crippen LogP contribution in [0.4, 0.5) is 4.39 Å². The molecule has 0 spiro atoms. The number of rotatable bonds is 4. The Kier molecular flexibility index (Phi) is 3.95. The Morgan fingerprint density at radius 1 is 1.19 bits per heavy atom. The number of para-hydroxylation sites is 1. The summed E-state index contributed by atoms with van der Waals surface area (Å²) in [6.07, 6.45) is 0.721. The molecular weight excluding hydrogens is 289 g/mol. The molecule has 0 radical (unpaired) electrons. The van der Waals surface area contributed by atoms with Gasteiger partial charge in [0.05, 0.1) is 6.04 Å². The van der Waals surface area contributed by atoms with Crippen molar-refractivity contribution in [3.63, 3.8) is 0 Å². The van der Waals surface area contributed by atoms with Gasteiger partial charge >= 0.3 is 0 Å². The molecule has 1 N–H and O–H groups in total. The fraction of sp³-hybridized carbons (Fsp3) is 0.176. The van der Waals surface area contributed by atoms with Gasteiger partial charge in [-0.15, -0.1) is 0 Å². The van der Waals surface area contributed by atoms with Crippen molar-refractivity contribution in [2.24, 2.45) is 0 Å². The van der Waals surface area contributed by atoms with E-state index in [1.807, 2.05) is 43.4 Å². The van der Waals surface area contributed by atoms with Crippen LogP contribution in [-0.2, 0) is 6.42 Å². The summed E-state index contributed by atoms with van der Waals surface area (Å²) in [4.78, 5) is 0. The molecule has 1 aromatic heterocycles. The van der Waals surface area contributed by atoms with E-state index in [9.17, 15) is 4.39 Å². The van der Waals surface area contributed by atoms with Crippen LogP contribution >= 0.6 is 11.6 Å². The summed E-state index contributed by atoms with van der Waals surface area (Å²) in [5, 5.41) is 4.69. The van der Waals surface area contributed by atoms with Gasteiger partial charge in [-0.05, 0) is 43.3 Å². The lowest BCUT2D eigenvalue weighted by Crippen LogP contribution is -2.18. The van der Waals surface area contributed by atoms with E-state index in [1.165, 1.54) is 6.07 Å². The normalized spacial score (nSPS) is 12.7. The topological polar surface area (TPSA) is 25.2 Å². The zero-order valence-electron chi connectivity index (χ0n) is 11.6. The van der Waals surface area contributed by atoms with Gasteiger partial charge in [0.1, 0.15) is 5.76 Å². The Morgan fingerprint density at radius 3 is 2.71 bits per heavy atom. The van der Waals surface area contributed by atoms with Crippen LogP contribution in [0.5, 0.6) is 0 Å². The summed E-state index contributed by atoms with van der Waals surface area (Å²) in [6, 6.07) is 14.5. The van der Waals surface area contributed by atoms with Crippen LogP contribution in [0.1, 0.15) is 17.4 Å². The zero-order valence-corrected chi connectivity index (χ0v) is 12.3. The number of halogens is 2. The van der Waals surface area contributed by atoms with E-state index in [1.54, 1.807) is 6.07 Å². The Morgan fingerprint density at radius 2 is 2.00 bits per heavy atom. The third-order valence-corrected chi connectivity index (χ3v) is 3.77. The maximum Gasteiger partial charge on any atom is 0.169 e. The Labute approximate surface area is 127 Å². The van der Waals surface area contributed by atoms with Crippen LogP contribution in [0.15, 0.2) is 52.9 Å². The highest BCUT2D eigenvalue weighted by Gasteiger charge is 2.17. The third-order valence-electron chi connectivity index (χ3n) is 3.54. The number of fused-ring (bicyclic) bond motifs is 1. The standard InChI is InChI=1S/C17H15ClFNO/c1-20-15(9-11-4-2-6-13(18)8-11)16-10-12-5-3-7-14(19)17(12)21-16/h2-8,10,15,20H,9H2,1H3. The van der Waals surface area contributed by atoms with Gasteiger partial charge in [0.25, 0.3) is 0 Å². The first-order valence-corrected chi connectivity index (χ1v) is 7.15. The first-order chi connectivity index (χ1) is 10.2. The van der Waals surface area contributed by atoms with Crippen molar-refractivity contribution in [2.45, 2.75) is 12.5 Å². The van der Waals surface area contributed by atoms with Crippen LogP contribution in [-0.4, -0.2) is 7.05 Å². The molecule has 2 aromatic carbocycles. The largest absolute Gasteiger partial charge is 0.456 e. The quantitative estimate of drug-likeness (QED) is 0.754. The molecule has 2 nitrogen and oxygen atoms in total. The van der Waals surface area contributed by atoms with Gasteiger partial charge in [0, 0.05) is 10.4 Å². The summed E-state index contributed by atoms with van der Waals surface area (Å²) in [5.74, 6) is 0.383. The maximum absolute atomic E-state index is 13.7. The van der Waals surface area contributed by atoms with E-state index >= 15 is 0 Å². The van der Waals surface area contributed by atoms with E-state index in [4.69, 9.17) is 16.0 Å². The predicted octanol–water partition coefficient (Wildman–Crippen LogP) is 4.73. The van der Waals surface area contributed by atoms with Crippen molar-refractivity contribution < 1.29 is 8.81 Å². The molecule has 3 aromatic rings. The van der Waals surface area contributed by atoms with Crippen molar-refractivity contribution in [1.82, 2.24) is 5.32 Å². The zero-order chi connectivity index (χ0) is 14.8. The molecule has 0 bridgehead atoms. The number of benzene rings is 2. The highest BCUT2D eigenvalue weighted by atomic mass is 35.5. The molecule has 108 valence electrons. The van der Waals surface area contributed by atoms with Gasteiger partial charge in [-0.3, -0.25) is 0 Å². The lowest BCUT2D eigenvalue weighted by atomic mass is 10.0. The average molecular weight is 304 g/mol. The Balaban J connectivity index is 1.93. The molecule has 1 unspecified atom stereocenters. The Bertz CT molecular complexity index is 768. The van der Waals surface area contributed by atoms with Gasteiger partial charge in [0.2, 0.25) is 0 Å². The number of hydrogen-bond acceptors (Lipinski definition) is 2. The number of furan rings is 1. The summed E-state index contributed by atoms with van der Waals surface area (Å²) < 4.78 is 19.4. The second kappa shape index (κ2) is 5.88. The average Bonchev–Trinajstić information content (AvgIpc) is 2.90. The van der Waals surface area contributed by atoms with E-state index in [2.05, 4.69) is 5.32 Å². The molecular formula is C17H15ClFNO. The molecule has 0 fully saturated rings. The second-order valence-electron chi connectivity index (χ2n) is 4.98. The number of hydrogen-bond donors (Lipinski definition) is 1. The highest BCUT2D eigenvalue weighted by molar-refractivity contribution is 6.30. The van der Waals surface area contributed by atoms with Crippen LogP contribution in [0.2, 0.25) is 5.02 Å². The van der Waals surface area contributed by atoms with Crippen LogP contribution in [0.25, 0.3) is 11.0 Å². The first kappa shape index (κ1) is 14.1. The minimum absolute atomic E-state index is 0.0322. The van der Waals surface area contributed by atoms with E-state index in [-0.39, 0.29) is 11.9 Å². The monoisotopic (exact) mass is 303 g/mol. The van der Waals surface area contributed by atoms with Crippen molar-refractivity contribution in [3.8, 4) is 0 Å². The molecule has 4 heteroatoms. The van der Waals surface area contributed by atoms with Crippen LogP contribution < -0.4 is 5.32 Å². The van der Waals surface area contributed by atoms with Crippen LogP contribution in [0, 0.1) is 5.82 Å². The molecule has 0 aliphatic rings. The highest BCUT2D eigenvalue weighted by Crippen LogP contribution is 2.28. The molecule has 1 heterocycles. The SMILES string of the molecule is CNC(Cc1cccc(Cl)c1)c1cc2cccc(F)c2o1. The van der Waals surface area contributed by atoms with Crippen molar-refractivity contribution in [1.29, 1.82) is 0 Å². The van der Waals surface area contributed by atoms with Crippen molar-refractivity contribution in [3.05, 3.63) is 70.7 Å². The summed E-state index contributed by atoms with van der Waals surface area (Å²) in [5.41, 5.74) is 1.40. The van der Waals surface area contributed by atoms with E-state index < -0.39 is 0 Å². The fourth-order valence-corrected chi connectivity index (χ4v) is 2.68. The maximum atomic E-state index is 13.7. The molecule has 21 heavy (non-hydrogen) atoms. The molecule has 0 saturated heterocycles. The lowest BCUT2D eigenvalue weighted by Gasteiger charge is -2.13. The van der Waals surface area contributed by atoms with Gasteiger partial charge < -0.3 is 9.73 Å². The second-order valence-corrected chi connectivity index (χ2v) is 5.42. The first-order valence-electron chi connectivity index (χ1n) is 6.77. The third kappa shape index (κ3) is 2.94. The summed E-state index contributed by atoms with van der Waals surface area (Å²) in [6.45, 7) is 0. The Hall–Kier alpha value is -1.84. The smallest absolute Gasteiger partial charge is 0.169 e. The molecule has 0 aliphatic heterocycles. The van der Waals surface area contributed by atoms with Gasteiger partial charge in [-0.1, -0.05) is 35.9 Å². The summed E-state index contributed by atoms with van der Waals surface area (Å²) in [7, 11) is 1.86. The molecule has 3 rings (SSSR count). The minimum Gasteiger partial charge on any atom is -0.456 e. The van der Waals surface area contributed by atoms with Gasteiger partial charge in [-0.2, -0.15) is 0 Å². The molecule has 0 aliphatic carbocycles. The predicted molar refractivity (Wildman–Crippen MR) is 83.1 cm³/mol. The molecule has 1 atom stereocenters. The van der Waals surface area contributed by atoms with E-state index in [0.717, 1.165) is 23.1 Å². The van der Waals surface area contributed by atoms with E-state index in [0.29, 0.717) is 10.6 Å². The molecule has 0 amide bonds. The summed E-state index contributed by atoms with van der Waals surface area (Å²) >= 11 is 6.01. The van der Waals surface area contributed by atoms with Crippen LogP contribution in [0.3, 0.4) is 0 Å². The van der Waals surface area contributed by atoms with Gasteiger partial charge in [-0.25, -0.2) is 4.39 Å².